The first-order valence-electron chi connectivity index (χ1n) is 11.9. The van der Waals surface area contributed by atoms with Crippen LogP contribution in [0.2, 0.25) is 10.0 Å². The van der Waals surface area contributed by atoms with Crippen molar-refractivity contribution < 1.29 is 18.0 Å². The summed E-state index contributed by atoms with van der Waals surface area (Å²) in [5.74, 6) is -1.04. The van der Waals surface area contributed by atoms with Crippen molar-refractivity contribution >= 4 is 56.4 Å². The molecule has 0 fully saturated rings. The SMILES string of the molecule is C[C@@H](NC(=O)c1ccccc1NC(=O)CN(c1cccc(Cl)c1)S(=O)(=O)c1ccc(Cl)cc1)c1ccccc1. The summed E-state index contributed by atoms with van der Waals surface area (Å²) in [6.07, 6.45) is 0. The molecule has 0 aliphatic rings. The summed E-state index contributed by atoms with van der Waals surface area (Å²) in [6, 6.07) is 27.5. The number of rotatable bonds is 9. The first-order valence-corrected chi connectivity index (χ1v) is 14.1. The molecule has 1 atom stereocenters. The van der Waals surface area contributed by atoms with Gasteiger partial charge in [0.05, 0.1) is 27.9 Å². The molecule has 0 saturated heterocycles. The molecular formula is C29H25Cl2N3O4S. The highest BCUT2D eigenvalue weighted by molar-refractivity contribution is 7.92. The molecule has 0 radical (unpaired) electrons. The molecule has 0 aliphatic heterocycles. The lowest BCUT2D eigenvalue weighted by Crippen LogP contribution is -2.38. The predicted octanol–water partition coefficient (Wildman–Crippen LogP) is 6.32. The zero-order valence-electron chi connectivity index (χ0n) is 20.8. The highest BCUT2D eigenvalue weighted by Crippen LogP contribution is 2.27. The molecule has 0 aliphatic carbocycles. The van der Waals surface area contributed by atoms with E-state index < -0.39 is 22.5 Å². The summed E-state index contributed by atoms with van der Waals surface area (Å²) in [7, 11) is -4.17. The standard InChI is InChI=1S/C29H25Cl2N3O4S/c1-20(21-8-3-2-4-9-21)32-29(36)26-12-5-6-13-27(26)33-28(35)19-34(24-11-7-10-23(31)18-24)39(37,38)25-16-14-22(30)15-17-25/h2-18,20H,19H2,1H3,(H,32,36)(H,33,35)/t20-/m1/s1. The Balaban J connectivity index is 1.58. The smallest absolute Gasteiger partial charge is 0.264 e. The van der Waals surface area contributed by atoms with E-state index >= 15 is 0 Å². The summed E-state index contributed by atoms with van der Waals surface area (Å²) in [4.78, 5) is 26.3. The Morgan fingerprint density at radius 3 is 2.18 bits per heavy atom. The van der Waals surface area contributed by atoms with Gasteiger partial charge >= 0.3 is 0 Å². The molecule has 0 unspecified atom stereocenters. The number of anilines is 2. The highest BCUT2D eigenvalue weighted by atomic mass is 35.5. The average Bonchev–Trinajstić information content (AvgIpc) is 2.92. The molecule has 2 N–H and O–H groups in total. The van der Waals surface area contributed by atoms with E-state index in [1.165, 1.54) is 30.3 Å². The molecule has 39 heavy (non-hydrogen) atoms. The predicted molar refractivity (Wildman–Crippen MR) is 155 cm³/mol. The quantitative estimate of drug-likeness (QED) is 0.242. The first kappa shape index (κ1) is 28.2. The van der Waals surface area contributed by atoms with Gasteiger partial charge < -0.3 is 10.6 Å². The molecular weight excluding hydrogens is 557 g/mol. The van der Waals surface area contributed by atoms with Crippen molar-refractivity contribution in [1.82, 2.24) is 5.32 Å². The average molecular weight is 583 g/mol. The number of hydrogen-bond acceptors (Lipinski definition) is 4. The van der Waals surface area contributed by atoms with Gasteiger partial charge in [0, 0.05) is 10.0 Å². The molecule has 200 valence electrons. The van der Waals surface area contributed by atoms with Gasteiger partial charge in [-0.3, -0.25) is 13.9 Å². The fourth-order valence-electron chi connectivity index (χ4n) is 3.89. The van der Waals surface area contributed by atoms with Crippen molar-refractivity contribution in [3.05, 3.63) is 124 Å². The molecule has 7 nitrogen and oxygen atoms in total. The lowest BCUT2D eigenvalue weighted by Gasteiger charge is -2.24. The van der Waals surface area contributed by atoms with Crippen LogP contribution in [0, 0.1) is 0 Å². The van der Waals surface area contributed by atoms with Gasteiger partial charge in [0.25, 0.3) is 15.9 Å². The van der Waals surface area contributed by atoms with Gasteiger partial charge in [0.2, 0.25) is 5.91 Å². The van der Waals surface area contributed by atoms with Crippen LogP contribution >= 0.6 is 23.2 Å². The molecule has 0 heterocycles. The fraction of sp³-hybridized carbons (Fsp3) is 0.103. The number of sulfonamides is 1. The Labute approximate surface area is 237 Å². The van der Waals surface area contributed by atoms with E-state index in [-0.39, 0.29) is 33.8 Å². The normalized spacial score (nSPS) is 11.9. The summed E-state index contributed by atoms with van der Waals surface area (Å²) in [5.41, 5.74) is 1.62. The third-order valence-corrected chi connectivity index (χ3v) is 8.15. The monoisotopic (exact) mass is 581 g/mol. The van der Waals surface area contributed by atoms with Crippen LogP contribution in [0.15, 0.2) is 108 Å². The van der Waals surface area contributed by atoms with Crippen molar-refractivity contribution in [2.24, 2.45) is 0 Å². The molecule has 0 saturated carbocycles. The lowest BCUT2D eigenvalue weighted by atomic mass is 10.1. The van der Waals surface area contributed by atoms with E-state index in [9.17, 15) is 18.0 Å². The van der Waals surface area contributed by atoms with Crippen molar-refractivity contribution in [1.29, 1.82) is 0 Å². The minimum atomic E-state index is -4.17. The highest BCUT2D eigenvalue weighted by Gasteiger charge is 2.28. The molecule has 0 bridgehead atoms. The van der Waals surface area contributed by atoms with E-state index in [4.69, 9.17) is 23.2 Å². The minimum absolute atomic E-state index is 0.0469. The van der Waals surface area contributed by atoms with E-state index in [0.717, 1.165) is 9.87 Å². The second-order valence-electron chi connectivity index (χ2n) is 8.65. The Bertz CT molecular complexity index is 1580. The number of halogens is 2. The number of carbonyl (C=O) groups excluding carboxylic acids is 2. The third-order valence-electron chi connectivity index (χ3n) is 5.88. The zero-order chi connectivity index (χ0) is 28.0. The van der Waals surface area contributed by atoms with Gasteiger partial charge in [-0.1, -0.05) is 71.7 Å². The largest absolute Gasteiger partial charge is 0.345 e. The van der Waals surface area contributed by atoms with Gasteiger partial charge in [-0.2, -0.15) is 0 Å². The summed E-state index contributed by atoms with van der Waals surface area (Å²) in [5, 5.41) is 6.30. The maximum atomic E-state index is 13.6. The number of carbonyl (C=O) groups is 2. The van der Waals surface area contributed by atoms with Gasteiger partial charge in [-0.25, -0.2) is 8.42 Å². The number of para-hydroxylation sites is 1. The Morgan fingerprint density at radius 1 is 0.821 bits per heavy atom. The molecule has 4 aromatic rings. The molecule has 2 amide bonds. The summed E-state index contributed by atoms with van der Waals surface area (Å²) in [6.45, 7) is 1.29. The minimum Gasteiger partial charge on any atom is -0.345 e. The molecule has 4 aromatic carbocycles. The summed E-state index contributed by atoms with van der Waals surface area (Å²) < 4.78 is 28.1. The third kappa shape index (κ3) is 6.97. The van der Waals surface area contributed by atoms with Crippen LogP contribution in [-0.4, -0.2) is 26.8 Å². The Kier molecular flexibility index (Phi) is 8.91. The maximum Gasteiger partial charge on any atom is 0.264 e. The van der Waals surface area contributed by atoms with Crippen LogP contribution in [0.25, 0.3) is 0 Å². The van der Waals surface area contributed by atoms with E-state index in [2.05, 4.69) is 10.6 Å². The van der Waals surface area contributed by atoms with E-state index in [1.54, 1.807) is 42.5 Å². The van der Waals surface area contributed by atoms with Gasteiger partial charge in [-0.15, -0.1) is 0 Å². The number of hydrogen-bond donors (Lipinski definition) is 2. The first-order chi connectivity index (χ1) is 18.6. The summed E-state index contributed by atoms with van der Waals surface area (Å²) >= 11 is 12.1. The van der Waals surface area contributed by atoms with Gasteiger partial charge in [0.15, 0.2) is 0 Å². The van der Waals surface area contributed by atoms with E-state index in [1.807, 2.05) is 37.3 Å². The van der Waals surface area contributed by atoms with Crippen molar-refractivity contribution in [2.75, 3.05) is 16.2 Å². The Morgan fingerprint density at radius 2 is 1.49 bits per heavy atom. The Hall–Kier alpha value is -3.85. The topological polar surface area (TPSA) is 95.6 Å². The second kappa shape index (κ2) is 12.3. The van der Waals surface area contributed by atoms with Crippen LogP contribution in [0.3, 0.4) is 0 Å². The van der Waals surface area contributed by atoms with Crippen molar-refractivity contribution in [3.8, 4) is 0 Å². The number of benzene rings is 4. The van der Waals surface area contributed by atoms with Crippen molar-refractivity contribution in [3.63, 3.8) is 0 Å². The van der Waals surface area contributed by atoms with Crippen LogP contribution in [-0.2, 0) is 14.8 Å². The van der Waals surface area contributed by atoms with Gasteiger partial charge in [0.1, 0.15) is 6.54 Å². The van der Waals surface area contributed by atoms with Gasteiger partial charge in [-0.05, 0) is 67.1 Å². The van der Waals surface area contributed by atoms with Crippen LogP contribution in [0.5, 0.6) is 0 Å². The van der Waals surface area contributed by atoms with E-state index in [0.29, 0.717) is 10.0 Å². The van der Waals surface area contributed by atoms with Crippen LogP contribution < -0.4 is 14.9 Å². The zero-order valence-corrected chi connectivity index (χ0v) is 23.2. The van der Waals surface area contributed by atoms with Crippen LogP contribution in [0.1, 0.15) is 28.9 Å². The van der Waals surface area contributed by atoms with Crippen LogP contribution in [0.4, 0.5) is 11.4 Å². The lowest BCUT2D eigenvalue weighted by molar-refractivity contribution is -0.114. The molecule has 10 heteroatoms. The maximum absolute atomic E-state index is 13.6. The van der Waals surface area contributed by atoms with Crippen molar-refractivity contribution in [2.45, 2.75) is 17.9 Å². The number of nitrogens with one attached hydrogen (secondary N) is 2. The fourth-order valence-corrected chi connectivity index (χ4v) is 5.61. The molecule has 0 aromatic heterocycles. The second-order valence-corrected chi connectivity index (χ2v) is 11.4. The molecule has 4 rings (SSSR count). The number of nitrogens with zero attached hydrogens (tertiary/aromatic N) is 1. The molecule has 0 spiro atoms. The number of amides is 2.